The van der Waals surface area contributed by atoms with Gasteiger partial charge in [-0.1, -0.05) is 6.07 Å². The van der Waals surface area contributed by atoms with Crippen LogP contribution in [-0.4, -0.2) is 54.6 Å². The van der Waals surface area contributed by atoms with Crippen LogP contribution in [0.15, 0.2) is 18.2 Å². The largest absolute Gasteiger partial charge is 0.496 e. The molecule has 3 rings (SSSR count). The number of thioether (sulfide) groups is 1. The predicted molar refractivity (Wildman–Crippen MR) is 99.3 cm³/mol. The average Bonchev–Trinajstić information content (AvgIpc) is 3.09. The Morgan fingerprint density at radius 1 is 1.22 bits per heavy atom. The van der Waals surface area contributed by atoms with Crippen LogP contribution in [0, 0.1) is 0 Å². The molecule has 1 aromatic carbocycles. The summed E-state index contributed by atoms with van der Waals surface area (Å²) < 4.78 is 5.59. The molecule has 1 aromatic rings. The van der Waals surface area contributed by atoms with Gasteiger partial charge >= 0.3 is 0 Å². The zero-order valence-electron chi connectivity index (χ0n) is 14.6. The zero-order valence-corrected chi connectivity index (χ0v) is 15.4. The van der Waals surface area contributed by atoms with Gasteiger partial charge in [-0.3, -0.25) is 9.80 Å². The highest BCUT2D eigenvalue weighted by atomic mass is 32.2. The first-order chi connectivity index (χ1) is 11.3. The molecule has 128 valence electrons. The quantitative estimate of drug-likeness (QED) is 0.789. The van der Waals surface area contributed by atoms with E-state index in [1.807, 2.05) is 0 Å². The summed E-state index contributed by atoms with van der Waals surface area (Å²) in [7, 11) is 4.07. The summed E-state index contributed by atoms with van der Waals surface area (Å²) in [6, 6.07) is 7.51. The lowest BCUT2D eigenvalue weighted by Gasteiger charge is -2.31. The van der Waals surface area contributed by atoms with Crippen LogP contribution in [0.2, 0.25) is 0 Å². The van der Waals surface area contributed by atoms with Crippen molar-refractivity contribution in [1.82, 2.24) is 9.80 Å². The van der Waals surface area contributed by atoms with Crippen molar-refractivity contribution in [3.05, 3.63) is 29.3 Å². The Morgan fingerprint density at radius 3 is 2.65 bits per heavy atom. The number of benzene rings is 1. The van der Waals surface area contributed by atoms with E-state index >= 15 is 0 Å². The topological polar surface area (TPSA) is 15.7 Å². The molecule has 0 atom stereocenters. The smallest absolute Gasteiger partial charge is 0.123 e. The number of hydrogen-bond donors (Lipinski definition) is 0. The fraction of sp³-hybridized carbons (Fsp3) is 0.684. The van der Waals surface area contributed by atoms with E-state index in [0.717, 1.165) is 24.9 Å². The van der Waals surface area contributed by atoms with E-state index in [4.69, 9.17) is 4.74 Å². The van der Waals surface area contributed by atoms with Crippen LogP contribution < -0.4 is 4.74 Å². The SMILES string of the molecule is COc1ccc(CN(C)C2CCSCC2)cc1CN1CCCC1. The second-order valence-electron chi connectivity index (χ2n) is 6.89. The van der Waals surface area contributed by atoms with Crippen molar-refractivity contribution in [3.8, 4) is 5.75 Å². The molecule has 2 aliphatic rings. The summed E-state index contributed by atoms with van der Waals surface area (Å²) in [4.78, 5) is 5.09. The van der Waals surface area contributed by atoms with E-state index in [0.29, 0.717) is 0 Å². The molecule has 3 nitrogen and oxygen atoms in total. The van der Waals surface area contributed by atoms with Crippen molar-refractivity contribution in [2.24, 2.45) is 0 Å². The molecule has 0 radical (unpaired) electrons. The molecule has 0 aliphatic carbocycles. The molecule has 2 aliphatic heterocycles. The minimum atomic E-state index is 0.750. The third-order valence-electron chi connectivity index (χ3n) is 5.18. The van der Waals surface area contributed by atoms with Gasteiger partial charge in [0.2, 0.25) is 0 Å². The number of methoxy groups -OCH3 is 1. The lowest BCUT2D eigenvalue weighted by Crippen LogP contribution is -2.34. The van der Waals surface area contributed by atoms with E-state index in [1.165, 1.54) is 61.4 Å². The molecular formula is C19H30N2OS. The number of hydrogen-bond acceptors (Lipinski definition) is 4. The minimum absolute atomic E-state index is 0.750. The van der Waals surface area contributed by atoms with Crippen LogP contribution in [0.5, 0.6) is 5.75 Å². The zero-order chi connectivity index (χ0) is 16.1. The lowest BCUT2D eigenvalue weighted by atomic mass is 10.1. The molecule has 4 heteroatoms. The van der Waals surface area contributed by atoms with Crippen LogP contribution in [-0.2, 0) is 13.1 Å². The van der Waals surface area contributed by atoms with Crippen molar-refractivity contribution < 1.29 is 4.74 Å². The van der Waals surface area contributed by atoms with Gasteiger partial charge in [0.05, 0.1) is 7.11 Å². The van der Waals surface area contributed by atoms with Crippen molar-refractivity contribution >= 4 is 11.8 Å². The lowest BCUT2D eigenvalue weighted by molar-refractivity contribution is 0.221. The van der Waals surface area contributed by atoms with Gasteiger partial charge in [-0.05, 0) is 75.0 Å². The van der Waals surface area contributed by atoms with E-state index in [9.17, 15) is 0 Å². The molecule has 23 heavy (non-hydrogen) atoms. The van der Waals surface area contributed by atoms with E-state index in [2.05, 4.69) is 46.8 Å². The van der Waals surface area contributed by atoms with Gasteiger partial charge in [0.15, 0.2) is 0 Å². The Hall–Kier alpha value is -0.710. The van der Waals surface area contributed by atoms with Crippen LogP contribution in [0.3, 0.4) is 0 Å². The van der Waals surface area contributed by atoms with Crippen LogP contribution in [0.1, 0.15) is 36.8 Å². The third-order valence-corrected chi connectivity index (χ3v) is 6.23. The number of ether oxygens (including phenoxy) is 1. The van der Waals surface area contributed by atoms with Gasteiger partial charge in [-0.2, -0.15) is 11.8 Å². The first-order valence-corrected chi connectivity index (χ1v) is 10.1. The monoisotopic (exact) mass is 334 g/mol. The summed E-state index contributed by atoms with van der Waals surface area (Å²) in [6.07, 6.45) is 5.34. The van der Waals surface area contributed by atoms with Crippen molar-refractivity contribution in [3.63, 3.8) is 0 Å². The number of nitrogens with zero attached hydrogens (tertiary/aromatic N) is 2. The molecule has 0 amide bonds. The minimum Gasteiger partial charge on any atom is -0.496 e. The van der Waals surface area contributed by atoms with Crippen molar-refractivity contribution in [2.75, 3.05) is 38.8 Å². The van der Waals surface area contributed by atoms with Gasteiger partial charge in [0.1, 0.15) is 5.75 Å². The molecule has 0 bridgehead atoms. The van der Waals surface area contributed by atoms with Crippen LogP contribution >= 0.6 is 11.8 Å². The Kier molecular flexibility index (Phi) is 6.26. The van der Waals surface area contributed by atoms with Gasteiger partial charge in [-0.15, -0.1) is 0 Å². The average molecular weight is 335 g/mol. The summed E-state index contributed by atoms with van der Waals surface area (Å²) in [6.45, 7) is 4.53. The maximum atomic E-state index is 5.59. The number of likely N-dealkylation sites (tertiary alicyclic amines) is 1. The standard InChI is InChI=1S/C19H30N2OS/c1-20(18-7-11-23-12-8-18)14-16-5-6-19(22-2)17(13-16)15-21-9-3-4-10-21/h5-6,13,18H,3-4,7-12,14-15H2,1-2H3. The fourth-order valence-corrected chi connectivity index (χ4v) is 4.86. The molecule has 0 spiro atoms. The molecule has 0 N–H and O–H groups in total. The third kappa shape index (κ3) is 4.65. The summed E-state index contributed by atoms with van der Waals surface area (Å²) in [5.74, 6) is 3.67. The van der Waals surface area contributed by atoms with Crippen molar-refractivity contribution in [1.29, 1.82) is 0 Å². The van der Waals surface area contributed by atoms with Gasteiger partial charge in [-0.25, -0.2) is 0 Å². The summed E-state index contributed by atoms with van der Waals surface area (Å²) in [5.41, 5.74) is 2.76. The molecule has 2 saturated heterocycles. The van der Waals surface area contributed by atoms with Gasteiger partial charge in [0.25, 0.3) is 0 Å². The molecule has 2 heterocycles. The number of rotatable bonds is 6. The Labute approximate surface area is 145 Å². The van der Waals surface area contributed by atoms with Crippen molar-refractivity contribution in [2.45, 2.75) is 44.8 Å². The second kappa shape index (κ2) is 8.41. The summed E-state index contributed by atoms with van der Waals surface area (Å²) >= 11 is 2.10. The molecule has 0 aromatic heterocycles. The molecule has 2 fully saturated rings. The normalized spacial score (nSPS) is 20.3. The summed E-state index contributed by atoms with van der Waals surface area (Å²) in [5, 5.41) is 0. The van der Waals surface area contributed by atoms with E-state index < -0.39 is 0 Å². The maximum absolute atomic E-state index is 5.59. The Balaban J connectivity index is 1.66. The van der Waals surface area contributed by atoms with Crippen LogP contribution in [0.4, 0.5) is 0 Å². The van der Waals surface area contributed by atoms with E-state index in [1.54, 1.807) is 7.11 Å². The van der Waals surface area contributed by atoms with E-state index in [-0.39, 0.29) is 0 Å². The highest BCUT2D eigenvalue weighted by molar-refractivity contribution is 7.99. The van der Waals surface area contributed by atoms with Gasteiger partial charge in [0, 0.05) is 24.7 Å². The van der Waals surface area contributed by atoms with Gasteiger partial charge < -0.3 is 4.74 Å². The fourth-order valence-electron chi connectivity index (χ4n) is 3.78. The molecular weight excluding hydrogens is 304 g/mol. The second-order valence-corrected chi connectivity index (χ2v) is 8.11. The first kappa shape index (κ1) is 17.1. The maximum Gasteiger partial charge on any atom is 0.123 e. The first-order valence-electron chi connectivity index (χ1n) is 8.92. The highest BCUT2D eigenvalue weighted by Crippen LogP contribution is 2.26. The molecule has 0 unspecified atom stereocenters. The molecule has 0 saturated carbocycles. The predicted octanol–water partition coefficient (Wildman–Crippen LogP) is 3.62. The Bertz CT molecular complexity index is 496. The highest BCUT2D eigenvalue weighted by Gasteiger charge is 2.19. The Morgan fingerprint density at radius 2 is 1.96 bits per heavy atom. The van der Waals surface area contributed by atoms with Crippen LogP contribution in [0.25, 0.3) is 0 Å².